The molecule has 0 aliphatic heterocycles. The Labute approximate surface area is 129 Å². The summed E-state index contributed by atoms with van der Waals surface area (Å²) < 4.78 is 3.41. The minimum atomic E-state index is -0.111. The predicted molar refractivity (Wildman–Crippen MR) is 85.5 cm³/mol. The molecule has 0 aliphatic carbocycles. The summed E-state index contributed by atoms with van der Waals surface area (Å²) in [7, 11) is 1.85. The maximum atomic E-state index is 12.7. The Kier molecular flexibility index (Phi) is 2.55. The maximum Gasteiger partial charge on any atom is 0.267 e. The zero-order chi connectivity index (χ0) is 14.7. The van der Waals surface area contributed by atoms with Crippen LogP contribution in [0.2, 0.25) is 10.0 Å². The summed E-state index contributed by atoms with van der Waals surface area (Å²) in [6, 6.07) is 10.7. The first-order valence-electron chi connectivity index (χ1n) is 6.33. The lowest BCUT2D eigenvalue weighted by Gasteiger charge is -2.00. The molecular formula is C15H9Cl2N3O. The number of halogens is 2. The van der Waals surface area contributed by atoms with Crippen LogP contribution in [0.25, 0.3) is 27.7 Å². The van der Waals surface area contributed by atoms with Gasteiger partial charge in [-0.2, -0.15) is 0 Å². The molecule has 0 N–H and O–H groups in total. The van der Waals surface area contributed by atoms with Crippen LogP contribution in [0, 0.1) is 0 Å². The van der Waals surface area contributed by atoms with Gasteiger partial charge in [0.2, 0.25) is 5.78 Å². The lowest BCUT2D eigenvalue weighted by Crippen LogP contribution is -2.14. The molecule has 2 aromatic heterocycles. The Balaban J connectivity index is 2.37. The molecule has 0 radical (unpaired) electrons. The molecule has 2 heterocycles. The second kappa shape index (κ2) is 4.23. The first-order chi connectivity index (χ1) is 10.1. The quantitative estimate of drug-likeness (QED) is 0.496. The lowest BCUT2D eigenvalue weighted by atomic mass is 10.2. The highest BCUT2D eigenvalue weighted by Gasteiger charge is 2.15. The number of rotatable bonds is 0. The van der Waals surface area contributed by atoms with E-state index in [-0.39, 0.29) is 5.56 Å². The van der Waals surface area contributed by atoms with Crippen molar-refractivity contribution in [2.75, 3.05) is 0 Å². The van der Waals surface area contributed by atoms with Crippen molar-refractivity contribution in [2.24, 2.45) is 7.05 Å². The topological polar surface area (TPSA) is 39.3 Å². The number of imidazole rings is 1. The van der Waals surface area contributed by atoms with Crippen LogP contribution in [0.1, 0.15) is 0 Å². The summed E-state index contributed by atoms with van der Waals surface area (Å²) in [5, 5.41) is 1.44. The van der Waals surface area contributed by atoms with E-state index in [1.807, 2.05) is 29.8 Å². The number of hydrogen-bond acceptors (Lipinski definition) is 2. The van der Waals surface area contributed by atoms with E-state index < -0.39 is 0 Å². The minimum Gasteiger partial charge on any atom is -0.313 e. The van der Waals surface area contributed by atoms with Crippen molar-refractivity contribution in [1.82, 2.24) is 14.0 Å². The third kappa shape index (κ3) is 1.63. The van der Waals surface area contributed by atoms with Crippen molar-refractivity contribution in [2.45, 2.75) is 0 Å². The summed E-state index contributed by atoms with van der Waals surface area (Å²) in [5.74, 6) is 0.562. The largest absolute Gasteiger partial charge is 0.313 e. The zero-order valence-corrected chi connectivity index (χ0v) is 12.5. The normalized spacial score (nSPS) is 11.8. The van der Waals surface area contributed by atoms with Crippen molar-refractivity contribution in [1.29, 1.82) is 0 Å². The van der Waals surface area contributed by atoms with Gasteiger partial charge in [-0.1, -0.05) is 35.3 Å². The smallest absolute Gasteiger partial charge is 0.267 e. The molecule has 0 atom stereocenters. The van der Waals surface area contributed by atoms with Gasteiger partial charge in [0.05, 0.1) is 32.0 Å². The average Bonchev–Trinajstić information content (AvgIpc) is 2.74. The zero-order valence-electron chi connectivity index (χ0n) is 11.0. The van der Waals surface area contributed by atoms with Crippen LogP contribution in [0.5, 0.6) is 0 Å². The predicted octanol–water partition coefficient (Wildman–Crippen LogP) is 3.65. The van der Waals surface area contributed by atoms with Gasteiger partial charge in [-0.3, -0.25) is 4.79 Å². The summed E-state index contributed by atoms with van der Waals surface area (Å²) >= 11 is 12.2. The fourth-order valence-corrected chi connectivity index (χ4v) is 2.96. The second-order valence-corrected chi connectivity index (χ2v) is 5.70. The third-order valence-electron chi connectivity index (χ3n) is 3.68. The minimum absolute atomic E-state index is 0.111. The standard InChI is InChI=1S/C15H9Cl2N3O/c1-19-12-6-9(16)10(17)7-13(12)20-14(21)8-4-2-3-5-11(8)18-15(19)20/h2-7H,1H3. The Bertz CT molecular complexity index is 1100. The number of para-hydroxylation sites is 1. The van der Waals surface area contributed by atoms with Crippen LogP contribution in [-0.2, 0) is 7.05 Å². The molecule has 0 amide bonds. The van der Waals surface area contributed by atoms with Crippen molar-refractivity contribution < 1.29 is 0 Å². The van der Waals surface area contributed by atoms with Gasteiger partial charge in [-0.25, -0.2) is 9.38 Å². The Morgan fingerprint density at radius 1 is 1.05 bits per heavy atom. The Hall–Kier alpha value is -2.04. The number of aromatic nitrogens is 3. The van der Waals surface area contributed by atoms with Gasteiger partial charge in [0.15, 0.2) is 0 Å². The van der Waals surface area contributed by atoms with Crippen LogP contribution in [0.4, 0.5) is 0 Å². The fourth-order valence-electron chi connectivity index (χ4n) is 2.64. The van der Waals surface area contributed by atoms with Crippen molar-refractivity contribution in [3.8, 4) is 0 Å². The average molecular weight is 318 g/mol. The van der Waals surface area contributed by atoms with E-state index in [0.29, 0.717) is 32.2 Å². The van der Waals surface area contributed by atoms with Gasteiger partial charge in [-0.15, -0.1) is 0 Å². The van der Waals surface area contributed by atoms with E-state index in [1.165, 1.54) is 0 Å². The van der Waals surface area contributed by atoms with Crippen LogP contribution in [-0.4, -0.2) is 14.0 Å². The first kappa shape index (κ1) is 12.7. The van der Waals surface area contributed by atoms with E-state index in [4.69, 9.17) is 23.2 Å². The SMILES string of the molecule is Cn1c2cc(Cl)c(Cl)cc2n2c(=O)c3ccccc3nc12. The van der Waals surface area contributed by atoms with Gasteiger partial charge in [0, 0.05) is 7.05 Å². The molecule has 0 bridgehead atoms. The lowest BCUT2D eigenvalue weighted by molar-refractivity contribution is 0.949. The molecule has 2 aromatic carbocycles. The summed E-state index contributed by atoms with van der Waals surface area (Å²) in [6.07, 6.45) is 0. The highest BCUT2D eigenvalue weighted by atomic mass is 35.5. The molecule has 0 aliphatic rings. The summed E-state index contributed by atoms with van der Waals surface area (Å²) in [4.78, 5) is 17.3. The van der Waals surface area contributed by atoms with Crippen LogP contribution in [0.3, 0.4) is 0 Å². The molecule has 0 saturated carbocycles. The molecule has 4 nitrogen and oxygen atoms in total. The van der Waals surface area contributed by atoms with Gasteiger partial charge in [-0.05, 0) is 24.3 Å². The molecule has 4 aromatic rings. The third-order valence-corrected chi connectivity index (χ3v) is 4.40. The van der Waals surface area contributed by atoms with E-state index in [9.17, 15) is 4.79 Å². The molecule has 0 fully saturated rings. The molecule has 4 rings (SSSR count). The summed E-state index contributed by atoms with van der Waals surface area (Å²) in [6.45, 7) is 0. The number of fused-ring (bicyclic) bond motifs is 4. The van der Waals surface area contributed by atoms with E-state index >= 15 is 0 Å². The highest BCUT2D eigenvalue weighted by molar-refractivity contribution is 6.42. The Morgan fingerprint density at radius 3 is 2.48 bits per heavy atom. The molecule has 0 spiro atoms. The molecule has 6 heteroatoms. The molecular weight excluding hydrogens is 309 g/mol. The van der Waals surface area contributed by atoms with Crippen LogP contribution in [0.15, 0.2) is 41.2 Å². The van der Waals surface area contributed by atoms with Gasteiger partial charge < -0.3 is 4.57 Å². The van der Waals surface area contributed by atoms with Crippen molar-refractivity contribution >= 4 is 50.9 Å². The van der Waals surface area contributed by atoms with Gasteiger partial charge in [0.1, 0.15) is 0 Å². The Morgan fingerprint density at radius 2 is 1.71 bits per heavy atom. The molecule has 0 unspecified atom stereocenters. The van der Waals surface area contributed by atoms with E-state index in [1.54, 1.807) is 22.6 Å². The van der Waals surface area contributed by atoms with Gasteiger partial charge >= 0.3 is 0 Å². The highest BCUT2D eigenvalue weighted by Crippen LogP contribution is 2.29. The molecule has 21 heavy (non-hydrogen) atoms. The van der Waals surface area contributed by atoms with Gasteiger partial charge in [0.25, 0.3) is 5.56 Å². The van der Waals surface area contributed by atoms with Crippen molar-refractivity contribution in [3.63, 3.8) is 0 Å². The molecule has 104 valence electrons. The van der Waals surface area contributed by atoms with E-state index in [0.717, 1.165) is 5.52 Å². The number of aryl methyl sites for hydroxylation is 1. The van der Waals surface area contributed by atoms with Crippen molar-refractivity contribution in [3.05, 3.63) is 56.8 Å². The number of nitrogens with zero attached hydrogens (tertiary/aromatic N) is 3. The number of hydrogen-bond donors (Lipinski definition) is 0. The second-order valence-electron chi connectivity index (χ2n) is 4.88. The fraction of sp³-hybridized carbons (Fsp3) is 0.0667. The summed E-state index contributed by atoms with van der Waals surface area (Å²) in [5.41, 5.74) is 2.07. The maximum absolute atomic E-state index is 12.7. The molecule has 0 saturated heterocycles. The van der Waals surface area contributed by atoms with Crippen LogP contribution < -0.4 is 5.56 Å². The first-order valence-corrected chi connectivity index (χ1v) is 7.08. The van der Waals surface area contributed by atoms with E-state index in [2.05, 4.69) is 4.98 Å². The van der Waals surface area contributed by atoms with Crippen LogP contribution >= 0.6 is 23.2 Å². The monoisotopic (exact) mass is 317 g/mol. The number of benzene rings is 2.